The van der Waals surface area contributed by atoms with Crippen molar-refractivity contribution in [1.29, 1.82) is 0 Å². The Morgan fingerprint density at radius 3 is 2.20 bits per heavy atom. The molecule has 4 aromatic rings. The Kier molecular flexibility index (Phi) is 9.05. The minimum atomic E-state index is -4.76. The highest BCUT2D eigenvalue weighted by molar-refractivity contribution is 5.57. The molecule has 5 rings (SSSR count). The molecular formula is C31H28F7N3O3. The Hall–Kier alpha value is -4.26. The molecule has 0 saturated carbocycles. The van der Waals surface area contributed by atoms with Crippen molar-refractivity contribution in [2.24, 2.45) is 0 Å². The number of aromatic nitrogens is 2. The van der Waals surface area contributed by atoms with E-state index in [2.05, 4.69) is 19.2 Å². The molecule has 0 radical (unpaired) electrons. The number of ether oxygens (including phenoxy) is 3. The molecule has 1 aliphatic heterocycles. The highest BCUT2D eigenvalue weighted by Gasteiger charge is 2.43. The molecule has 6 nitrogen and oxygen atoms in total. The molecule has 0 fully saturated rings. The van der Waals surface area contributed by atoms with Gasteiger partial charge in [0, 0.05) is 31.7 Å². The van der Waals surface area contributed by atoms with Crippen LogP contribution in [0.2, 0.25) is 0 Å². The van der Waals surface area contributed by atoms with Gasteiger partial charge in [-0.2, -0.15) is 22.0 Å². The third-order valence-corrected chi connectivity index (χ3v) is 6.91. The van der Waals surface area contributed by atoms with Gasteiger partial charge in [-0.25, -0.2) is 4.98 Å². The highest BCUT2D eigenvalue weighted by atomic mass is 19.4. The van der Waals surface area contributed by atoms with Crippen molar-refractivity contribution in [2.45, 2.75) is 65.0 Å². The summed E-state index contributed by atoms with van der Waals surface area (Å²) in [6.45, 7) is -0.923. The molecule has 234 valence electrons. The lowest BCUT2D eigenvalue weighted by atomic mass is 10.1. The van der Waals surface area contributed by atoms with Crippen LogP contribution in [-0.4, -0.2) is 27.4 Å². The minimum Gasteiger partial charge on any atom is -0.435 e. The van der Waals surface area contributed by atoms with Crippen molar-refractivity contribution < 1.29 is 44.9 Å². The first-order valence-corrected chi connectivity index (χ1v) is 13.8. The number of hydrogen-bond acceptors (Lipinski definition) is 5. The number of unbranched alkanes of at least 4 members (excludes halogenated alkanes) is 1. The van der Waals surface area contributed by atoms with Gasteiger partial charge < -0.3 is 18.8 Å². The quantitative estimate of drug-likeness (QED) is 0.148. The fourth-order valence-electron chi connectivity index (χ4n) is 5.00. The second kappa shape index (κ2) is 12.8. The molecule has 44 heavy (non-hydrogen) atoms. The molecule has 0 spiro atoms. The summed E-state index contributed by atoms with van der Waals surface area (Å²) < 4.78 is 111. The first-order valence-electron chi connectivity index (χ1n) is 13.8. The number of rotatable bonds is 12. The van der Waals surface area contributed by atoms with Crippen molar-refractivity contribution >= 4 is 0 Å². The van der Waals surface area contributed by atoms with Gasteiger partial charge in [0.05, 0.1) is 5.69 Å². The van der Waals surface area contributed by atoms with E-state index in [-0.39, 0.29) is 54.9 Å². The van der Waals surface area contributed by atoms with Crippen molar-refractivity contribution in [1.82, 2.24) is 14.5 Å². The monoisotopic (exact) mass is 623 g/mol. The molecule has 13 heteroatoms. The van der Waals surface area contributed by atoms with E-state index in [1.807, 2.05) is 6.92 Å². The molecule has 0 bridgehead atoms. The van der Waals surface area contributed by atoms with E-state index in [4.69, 9.17) is 0 Å². The van der Waals surface area contributed by atoms with Crippen molar-refractivity contribution in [3.63, 3.8) is 0 Å². The maximum Gasteiger partial charge on any atom is 0.586 e. The Bertz CT molecular complexity index is 1560. The van der Waals surface area contributed by atoms with Crippen LogP contribution in [0, 0.1) is 0 Å². The lowest BCUT2D eigenvalue weighted by Crippen LogP contribution is -2.26. The van der Waals surface area contributed by atoms with E-state index in [0.717, 1.165) is 6.42 Å². The standard InChI is InChI=1S/C31H28F7N3O3/c1-2-3-15-41-24(27(30(34,35)36)39-28(41)22-7-5-4-6-8-22)19-40(17-20-9-12-23(13-10-20)42-29(32)33)18-21-11-14-25-26(16-21)44-31(37,38)43-25/h4-14,16,29H,2-3,15,17-19H2,1H3. The van der Waals surface area contributed by atoms with E-state index in [1.54, 1.807) is 39.8 Å². The lowest BCUT2D eigenvalue weighted by Gasteiger charge is -2.25. The predicted octanol–water partition coefficient (Wildman–Crippen LogP) is 8.49. The van der Waals surface area contributed by atoms with Crippen LogP contribution >= 0.6 is 0 Å². The molecule has 2 heterocycles. The third kappa shape index (κ3) is 7.44. The first kappa shape index (κ1) is 31.2. The molecule has 0 saturated heterocycles. The van der Waals surface area contributed by atoms with E-state index in [9.17, 15) is 30.7 Å². The molecule has 0 N–H and O–H groups in total. The normalized spacial score (nSPS) is 14.0. The fraction of sp³-hybridized carbons (Fsp3) is 0.323. The number of benzene rings is 3. The third-order valence-electron chi connectivity index (χ3n) is 6.91. The van der Waals surface area contributed by atoms with Crippen molar-refractivity contribution in [3.8, 4) is 28.6 Å². The Morgan fingerprint density at radius 2 is 1.55 bits per heavy atom. The number of alkyl halides is 7. The highest BCUT2D eigenvalue weighted by Crippen LogP contribution is 2.42. The van der Waals surface area contributed by atoms with E-state index in [1.165, 1.54) is 42.5 Å². The number of fused-ring (bicyclic) bond motifs is 1. The van der Waals surface area contributed by atoms with Crippen LogP contribution in [0.4, 0.5) is 30.7 Å². The SMILES string of the molecule is CCCCn1c(-c2ccccc2)nc(C(F)(F)F)c1CN(Cc1ccc(OC(F)F)cc1)Cc1ccc2c(c1)OC(F)(F)O2. The smallest absolute Gasteiger partial charge is 0.435 e. The summed E-state index contributed by atoms with van der Waals surface area (Å²) in [6.07, 6.45) is -7.27. The minimum absolute atomic E-state index is 0.0222. The number of imidazole rings is 1. The summed E-state index contributed by atoms with van der Waals surface area (Å²) in [5, 5.41) is 0. The van der Waals surface area contributed by atoms with Gasteiger partial charge in [-0.3, -0.25) is 4.90 Å². The largest absolute Gasteiger partial charge is 0.586 e. The van der Waals surface area contributed by atoms with Crippen LogP contribution < -0.4 is 14.2 Å². The number of hydrogen-bond donors (Lipinski definition) is 0. The van der Waals surface area contributed by atoms with Gasteiger partial charge in [0.25, 0.3) is 0 Å². The average molecular weight is 624 g/mol. The molecule has 0 atom stereocenters. The van der Waals surface area contributed by atoms with Gasteiger partial charge >= 0.3 is 19.1 Å². The summed E-state index contributed by atoms with van der Waals surface area (Å²) >= 11 is 0. The summed E-state index contributed by atoms with van der Waals surface area (Å²) in [6, 6.07) is 18.5. The maximum absolute atomic E-state index is 14.5. The maximum atomic E-state index is 14.5. The Morgan fingerprint density at radius 1 is 0.886 bits per heavy atom. The van der Waals surface area contributed by atoms with Gasteiger partial charge in [-0.15, -0.1) is 8.78 Å². The van der Waals surface area contributed by atoms with Gasteiger partial charge in [-0.05, 0) is 41.8 Å². The van der Waals surface area contributed by atoms with Crippen molar-refractivity contribution in [3.05, 3.63) is 95.3 Å². The Balaban J connectivity index is 1.54. The van der Waals surface area contributed by atoms with Crippen LogP contribution in [0.15, 0.2) is 72.8 Å². The average Bonchev–Trinajstić information content (AvgIpc) is 3.48. The van der Waals surface area contributed by atoms with Crippen LogP contribution in [0.3, 0.4) is 0 Å². The van der Waals surface area contributed by atoms with Crippen molar-refractivity contribution in [2.75, 3.05) is 0 Å². The number of nitrogens with zero attached hydrogens (tertiary/aromatic N) is 3. The van der Waals surface area contributed by atoms with E-state index in [0.29, 0.717) is 23.1 Å². The summed E-state index contributed by atoms with van der Waals surface area (Å²) in [5.41, 5.74) is 0.506. The van der Waals surface area contributed by atoms with E-state index >= 15 is 0 Å². The van der Waals surface area contributed by atoms with Crippen LogP contribution in [0.25, 0.3) is 11.4 Å². The zero-order valence-electron chi connectivity index (χ0n) is 23.5. The Labute approximate surface area is 248 Å². The van der Waals surface area contributed by atoms with Crippen LogP contribution in [0.1, 0.15) is 42.3 Å². The first-order chi connectivity index (χ1) is 20.9. The second-order valence-corrected chi connectivity index (χ2v) is 10.2. The molecular weight excluding hydrogens is 595 g/mol. The zero-order valence-corrected chi connectivity index (χ0v) is 23.5. The predicted molar refractivity (Wildman–Crippen MR) is 146 cm³/mol. The second-order valence-electron chi connectivity index (χ2n) is 10.2. The van der Waals surface area contributed by atoms with Crippen LogP contribution in [-0.2, 0) is 32.4 Å². The number of halogens is 7. The molecule has 0 amide bonds. The summed E-state index contributed by atoms with van der Waals surface area (Å²) in [5.74, 6) is -0.252. The lowest BCUT2D eigenvalue weighted by molar-refractivity contribution is -0.286. The molecule has 1 aromatic heterocycles. The summed E-state index contributed by atoms with van der Waals surface area (Å²) in [4.78, 5) is 5.76. The van der Waals surface area contributed by atoms with E-state index < -0.39 is 24.8 Å². The van der Waals surface area contributed by atoms with Crippen LogP contribution in [0.5, 0.6) is 17.2 Å². The molecule has 0 aliphatic carbocycles. The van der Waals surface area contributed by atoms with Gasteiger partial charge in [0.2, 0.25) is 0 Å². The summed E-state index contributed by atoms with van der Waals surface area (Å²) in [7, 11) is 0. The van der Waals surface area contributed by atoms with Gasteiger partial charge in [-0.1, -0.05) is 61.9 Å². The molecule has 1 aliphatic rings. The van der Waals surface area contributed by atoms with Gasteiger partial charge in [0.1, 0.15) is 11.6 Å². The molecule has 0 unspecified atom stereocenters. The zero-order chi connectivity index (χ0) is 31.5. The van der Waals surface area contributed by atoms with Gasteiger partial charge in [0.15, 0.2) is 17.2 Å². The molecule has 3 aromatic carbocycles. The fourth-order valence-corrected chi connectivity index (χ4v) is 5.00. The topological polar surface area (TPSA) is 48.8 Å².